The summed E-state index contributed by atoms with van der Waals surface area (Å²) >= 11 is 5.98. The molecule has 1 aromatic rings. The molecule has 1 atom stereocenters. The Morgan fingerprint density at radius 3 is 2.29 bits per heavy atom. The van der Waals surface area contributed by atoms with Gasteiger partial charge in [0, 0.05) is 18.2 Å². The summed E-state index contributed by atoms with van der Waals surface area (Å²) in [5.74, 6) is -0.597. The molecule has 0 aliphatic rings. The number of rotatable bonds is 4. The Morgan fingerprint density at radius 2 is 1.81 bits per heavy atom. The van der Waals surface area contributed by atoms with Crippen molar-refractivity contribution in [1.82, 2.24) is 4.42 Å². The SMILES string of the molecule is COC(=O)C(Cc1ccccc1)N(Cl)C(=O)OC(C)(C)C. The molecule has 0 aliphatic carbocycles. The van der Waals surface area contributed by atoms with Crippen molar-refractivity contribution < 1.29 is 19.1 Å². The fourth-order valence-corrected chi connectivity index (χ4v) is 1.85. The van der Waals surface area contributed by atoms with E-state index in [0.717, 1.165) is 9.98 Å². The predicted molar refractivity (Wildman–Crippen MR) is 79.9 cm³/mol. The van der Waals surface area contributed by atoms with Crippen LogP contribution in [0, 0.1) is 0 Å². The van der Waals surface area contributed by atoms with E-state index in [1.54, 1.807) is 20.8 Å². The van der Waals surface area contributed by atoms with Gasteiger partial charge in [0.2, 0.25) is 0 Å². The van der Waals surface area contributed by atoms with Gasteiger partial charge in [0.05, 0.1) is 7.11 Å². The van der Waals surface area contributed by atoms with E-state index in [1.165, 1.54) is 7.11 Å². The van der Waals surface area contributed by atoms with Crippen molar-refractivity contribution in [3.63, 3.8) is 0 Å². The highest BCUT2D eigenvalue weighted by Crippen LogP contribution is 2.17. The number of nitrogens with zero attached hydrogens (tertiary/aromatic N) is 1. The summed E-state index contributed by atoms with van der Waals surface area (Å²) in [6, 6.07) is 8.29. The van der Waals surface area contributed by atoms with Gasteiger partial charge in [-0.2, -0.15) is 0 Å². The first-order valence-electron chi connectivity index (χ1n) is 6.54. The molecule has 116 valence electrons. The summed E-state index contributed by atoms with van der Waals surface area (Å²) in [7, 11) is 1.25. The number of methoxy groups -OCH3 is 1. The second-order valence-electron chi connectivity index (χ2n) is 5.52. The molecular weight excluding hydrogens is 294 g/mol. The molecule has 1 rings (SSSR count). The highest BCUT2D eigenvalue weighted by atomic mass is 35.5. The topological polar surface area (TPSA) is 55.8 Å². The van der Waals surface area contributed by atoms with E-state index in [4.69, 9.17) is 21.3 Å². The number of esters is 1. The zero-order chi connectivity index (χ0) is 16.0. The quantitative estimate of drug-likeness (QED) is 0.633. The van der Waals surface area contributed by atoms with Crippen molar-refractivity contribution in [2.24, 2.45) is 0 Å². The lowest BCUT2D eigenvalue weighted by atomic mass is 10.1. The first-order chi connectivity index (χ1) is 9.74. The van der Waals surface area contributed by atoms with Crippen LogP contribution in [0.25, 0.3) is 0 Å². The molecule has 0 N–H and O–H groups in total. The lowest BCUT2D eigenvalue weighted by Crippen LogP contribution is -2.43. The Balaban J connectivity index is 2.87. The largest absolute Gasteiger partial charge is 0.467 e. The molecule has 0 fully saturated rings. The molecule has 1 amide bonds. The van der Waals surface area contributed by atoms with Gasteiger partial charge in [-0.1, -0.05) is 30.3 Å². The molecule has 0 radical (unpaired) electrons. The van der Waals surface area contributed by atoms with Gasteiger partial charge in [-0.25, -0.2) is 14.0 Å². The van der Waals surface area contributed by atoms with Crippen molar-refractivity contribution in [3.05, 3.63) is 35.9 Å². The zero-order valence-corrected chi connectivity index (χ0v) is 13.4. The highest BCUT2D eigenvalue weighted by molar-refractivity contribution is 6.21. The van der Waals surface area contributed by atoms with Gasteiger partial charge in [0.25, 0.3) is 0 Å². The molecule has 5 nitrogen and oxygen atoms in total. The van der Waals surface area contributed by atoms with Gasteiger partial charge in [-0.3, -0.25) is 0 Å². The van der Waals surface area contributed by atoms with E-state index in [1.807, 2.05) is 30.3 Å². The number of hydrogen-bond acceptors (Lipinski definition) is 4. The molecule has 1 aromatic carbocycles. The summed E-state index contributed by atoms with van der Waals surface area (Å²) in [6.45, 7) is 5.17. The van der Waals surface area contributed by atoms with Crippen molar-refractivity contribution in [2.45, 2.75) is 38.8 Å². The Bertz CT molecular complexity index is 484. The minimum atomic E-state index is -0.950. The van der Waals surface area contributed by atoms with E-state index in [9.17, 15) is 9.59 Å². The molecule has 21 heavy (non-hydrogen) atoms. The molecule has 0 aliphatic heterocycles. The molecular formula is C15H20ClNO4. The number of ether oxygens (including phenoxy) is 2. The Labute approximate surface area is 129 Å². The van der Waals surface area contributed by atoms with Crippen LogP contribution in [0.4, 0.5) is 4.79 Å². The van der Waals surface area contributed by atoms with Crippen LogP contribution in [-0.2, 0) is 20.7 Å². The third-order valence-corrected chi connectivity index (χ3v) is 2.96. The van der Waals surface area contributed by atoms with Crippen LogP contribution >= 0.6 is 11.8 Å². The number of amides is 1. The van der Waals surface area contributed by atoms with Crippen molar-refractivity contribution in [3.8, 4) is 0 Å². The minimum Gasteiger partial charge on any atom is -0.467 e. The summed E-state index contributed by atoms with van der Waals surface area (Å²) in [4.78, 5) is 23.8. The Kier molecular flexibility index (Phi) is 6.03. The fourth-order valence-electron chi connectivity index (χ4n) is 1.66. The minimum absolute atomic E-state index is 0.246. The van der Waals surface area contributed by atoms with E-state index < -0.39 is 23.7 Å². The average Bonchev–Trinajstić information content (AvgIpc) is 2.42. The third kappa shape index (κ3) is 5.63. The number of carbonyl (C=O) groups excluding carboxylic acids is 2. The van der Waals surface area contributed by atoms with E-state index in [2.05, 4.69) is 0 Å². The van der Waals surface area contributed by atoms with Crippen LogP contribution in [0.5, 0.6) is 0 Å². The number of benzene rings is 1. The van der Waals surface area contributed by atoms with Gasteiger partial charge < -0.3 is 9.47 Å². The fraction of sp³-hybridized carbons (Fsp3) is 0.467. The molecule has 0 spiro atoms. The van der Waals surface area contributed by atoms with Gasteiger partial charge in [-0.15, -0.1) is 0 Å². The monoisotopic (exact) mass is 313 g/mol. The highest BCUT2D eigenvalue weighted by Gasteiger charge is 2.33. The van der Waals surface area contributed by atoms with Gasteiger partial charge in [0.1, 0.15) is 5.60 Å². The van der Waals surface area contributed by atoms with E-state index >= 15 is 0 Å². The zero-order valence-electron chi connectivity index (χ0n) is 12.6. The summed E-state index contributed by atoms with van der Waals surface area (Å²) < 4.78 is 10.6. The summed E-state index contributed by atoms with van der Waals surface area (Å²) in [6.07, 6.45) is -0.536. The van der Waals surface area contributed by atoms with Gasteiger partial charge in [-0.05, 0) is 26.3 Å². The Hall–Kier alpha value is -1.75. The predicted octanol–water partition coefficient (Wildman–Crippen LogP) is 3.16. The number of halogens is 1. The first-order valence-corrected chi connectivity index (χ1v) is 6.88. The molecule has 0 saturated heterocycles. The van der Waals surface area contributed by atoms with Crippen molar-refractivity contribution in [1.29, 1.82) is 0 Å². The maximum atomic E-state index is 12.0. The average molecular weight is 314 g/mol. The normalized spacial score (nSPS) is 12.4. The first kappa shape index (κ1) is 17.3. The number of hydrogen-bond donors (Lipinski definition) is 0. The molecule has 1 unspecified atom stereocenters. The second kappa shape index (κ2) is 7.31. The molecule has 0 aromatic heterocycles. The lowest BCUT2D eigenvalue weighted by Gasteiger charge is -2.27. The van der Waals surface area contributed by atoms with Crippen LogP contribution in [-0.4, -0.2) is 35.2 Å². The standard InChI is InChI=1S/C15H20ClNO4/c1-15(2,3)21-14(19)17(16)12(13(18)20-4)10-11-8-6-5-7-9-11/h5-9,12H,10H2,1-4H3. The van der Waals surface area contributed by atoms with Crippen molar-refractivity contribution in [2.75, 3.05) is 7.11 Å². The van der Waals surface area contributed by atoms with Crippen LogP contribution in [0.3, 0.4) is 0 Å². The van der Waals surface area contributed by atoms with Gasteiger partial charge in [0.15, 0.2) is 6.04 Å². The number of carbonyl (C=O) groups is 2. The Morgan fingerprint density at radius 1 is 1.24 bits per heavy atom. The third-order valence-electron chi connectivity index (χ3n) is 2.59. The van der Waals surface area contributed by atoms with Crippen LogP contribution in [0.15, 0.2) is 30.3 Å². The van der Waals surface area contributed by atoms with E-state index in [-0.39, 0.29) is 6.42 Å². The maximum Gasteiger partial charge on any atom is 0.425 e. The lowest BCUT2D eigenvalue weighted by molar-refractivity contribution is -0.145. The summed E-state index contributed by atoms with van der Waals surface area (Å²) in [5, 5.41) is 0. The van der Waals surface area contributed by atoms with Crippen LogP contribution < -0.4 is 0 Å². The van der Waals surface area contributed by atoms with Crippen LogP contribution in [0.1, 0.15) is 26.3 Å². The molecule has 0 saturated carbocycles. The maximum absolute atomic E-state index is 12.0. The second-order valence-corrected chi connectivity index (χ2v) is 5.88. The smallest absolute Gasteiger partial charge is 0.425 e. The van der Waals surface area contributed by atoms with E-state index in [0.29, 0.717) is 0 Å². The van der Waals surface area contributed by atoms with Gasteiger partial charge >= 0.3 is 12.1 Å². The van der Waals surface area contributed by atoms with Crippen LogP contribution in [0.2, 0.25) is 0 Å². The summed E-state index contributed by atoms with van der Waals surface area (Å²) in [5.41, 5.74) is 0.166. The molecule has 0 bridgehead atoms. The molecule has 6 heteroatoms. The van der Waals surface area contributed by atoms with Crippen molar-refractivity contribution >= 4 is 23.8 Å². The molecule has 0 heterocycles.